The van der Waals surface area contributed by atoms with Crippen LogP contribution in [0, 0.1) is 0 Å². The Morgan fingerprint density at radius 3 is 1.62 bits per heavy atom. The Balaban J connectivity index is 1.31. The molecule has 7 aromatic carbocycles. The van der Waals surface area contributed by atoms with Crippen molar-refractivity contribution in [1.82, 2.24) is 0 Å². The lowest BCUT2D eigenvalue weighted by Crippen LogP contribution is -2.77. The first kappa shape index (κ1) is 34.3. The van der Waals surface area contributed by atoms with E-state index in [0.29, 0.717) is 0 Å². The van der Waals surface area contributed by atoms with Gasteiger partial charge >= 0.3 is 0 Å². The molecule has 3 heterocycles. The highest BCUT2D eigenvalue weighted by Gasteiger charge is 2.50. The molecule has 0 radical (unpaired) electrons. The van der Waals surface area contributed by atoms with Gasteiger partial charge in [0.15, 0.2) is 8.07 Å². The van der Waals surface area contributed by atoms with Crippen molar-refractivity contribution < 1.29 is 4.74 Å². The smallest absolute Gasteiger partial charge is 0.253 e. The highest BCUT2D eigenvalue weighted by atomic mass is 32.2. The molecule has 0 spiro atoms. The molecule has 268 valence electrons. The van der Waals surface area contributed by atoms with Crippen molar-refractivity contribution in [3.05, 3.63) is 169 Å². The van der Waals surface area contributed by atoms with Crippen LogP contribution in [0.2, 0.25) is 0 Å². The largest absolute Gasteiger partial charge is 0.458 e. The lowest BCUT2D eigenvalue weighted by Gasteiger charge is -2.46. The van der Waals surface area contributed by atoms with E-state index in [1.165, 1.54) is 69.4 Å². The van der Waals surface area contributed by atoms with Gasteiger partial charge < -0.3 is 9.64 Å². The number of hydrogen-bond donors (Lipinski definition) is 0. The van der Waals surface area contributed by atoms with Crippen LogP contribution < -0.4 is 46.8 Å². The highest BCUT2D eigenvalue weighted by Crippen LogP contribution is 2.45. The third-order valence-electron chi connectivity index (χ3n) is 12.0. The molecule has 0 atom stereocenters. The van der Waals surface area contributed by atoms with E-state index in [4.69, 9.17) is 4.74 Å². The van der Waals surface area contributed by atoms with Gasteiger partial charge in [0.2, 0.25) is 0 Å². The number of fused-ring (bicyclic) bond motifs is 6. The van der Waals surface area contributed by atoms with Gasteiger partial charge in [-0.25, -0.2) is 0 Å². The second-order valence-corrected chi connectivity index (χ2v) is 22.2. The number of nitrogens with zero attached hydrogens (tertiary/aromatic N) is 1. The van der Waals surface area contributed by atoms with E-state index in [2.05, 4.69) is 204 Å². The second kappa shape index (κ2) is 12.4. The minimum absolute atomic E-state index is 0.0306. The van der Waals surface area contributed by atoms with Crippen LogP contribution >= 0.6 is 11.8 Å². The number of rotatable bonds is 3. The van der Waals surface area contributed by atoms with Gasteiger partial charge in [-0.15, -0.1) is 0 Å². The van der Waals surface area contributed by atoms with Crippen LogP contribution in [-0.2, 0) is 10.8 Å². The first-order chi connectivity index (χ1) is 26.5. The van der Waals surface area contributed by atoms with Crippen molar-refractivity contribution in [2.75, 3.05) is 4.90 Å². The van der Waals surface area contributed by atoms with Crippen molar-refractivity contribution >= 4 is 80.7 Å². The molecule has 0 unspecified atom stereocenters. The van der Waals surface area contributed by atoms with Crippen molar-refractivity contribution in [2.45, 2.75) is 62.2 Å². The number of ether oxygens (including phenoxy) is 1. The lowest BCUT2D eigenvalue weighted by molar-refractivity contribution is 0.486. The Morgan fingerprint density at radius 1 is 0.509 bits per heavy atom. The van der Waals surface area contributed by atoms with Crippen LogP contribution in [0.25, 0.3) is 0 Å². The van der Waals surface area contributed by atoms with Crippen LogP contribution in [0.1, 0.15) is 52.7 Å². The van der Waals surface area contributed by atoms with Gasteiger partial charge in [-0.05, 0) is 84.0 Å². The predicted molar refractivity (Wildman–Crippen MR) is 237 cm³/mol. The molecular formula is C50H44BNOSSi. The summed E-state index contributed by atoms with van der Waals surface area (Å²) in [5.41, 5.74) is 10.1. The monoisotopic (exact) mass is 745 g/mol. The minimum atomic E-state index is -2.89. The molecule has 2 nitrogen and oxygen atoms in total. The maximum Gasteiger partial charge on any atom is 0.253 e. The summed E-state index contributed by atoms with van der Waals surface area (Å²) in [7, 11) is -2.89. The highest BCUT2D eigenvalue weighted by molar-refractivity contribution is 8.00. The normalized spacial score (nSPS) is 14.9. The molecule has 0 aliphatic carbocycles. The van der Waals surface area contributed by atoms with Crippen molar-refractivity contribution in [1.29, 1.82) is 0 Å². The molecule has 0 saturated carbocycles. The van der Waals surface area contributed by atoms with Crippen LogP contribution in [0.15, 0.2) is 168 Å². The summed E-state index contributed by atoms with van der Waals surface area (Å²) in [4.78, 5) is 5.12. The van der Waals surface area contributed by atoms with Crippen molar-refractivity contribution in [2.24, 2.45) is 0 Å². The van der Waals surface area contributed by atoms with Gasteiger partial charge in [0.25, 0.3) is 6.71 Å². The fourth-order valence-corrected chi connectivity index (χ4v) is 15.6. The minimum Gasteiger partial charge on any atom is -0.458 e. The third-order valence-corrected chi connectivity index (χ3v) is 17.9. The maximum atomic E-state index is 6.92. The maximum absolute atomic E-state index is 6.92. The second-order valence-electron chi connectivity index (χ2n) is 17.3. The quantitative estimate of drug-likeness (QED) is 0.168. The fraction of sp³-hybridized carbons (Fsp3) is 0.160. The van der Waals surface area contributed by atoms with E-state index >= 15 is 0 Å². The van der Waals surface area contributed by atoms with E-state index in [-0.39, 0.29) is 17.5 Å². The van der Waals surface area contributed by atoms with Gasteiger partial charge in [0.05, 0.1) is 5.69 Å². The van der Waals surface area contributed by atoms with Crippen LogP contribution in [0.3, 0.4) is 0 Å². The first-order valence-corrected chi connectivity index (χ1v) is 22.3. The first-order valence-electron chi connectivity index (χ1n) is 19.5. The van der Waals surface area contributed by atoms with E-state index in [1.807, 2.05) is 11.8 Å². The number of benzene rings is 7. The topological polar surface area (TPSA) is 12.5 Å². The molecule has 3 aliphatic rings. The summed E-state index contributed by atoms with van der Waals surface area (Å²) in [5, 5.41) is 5.64. The molecule has 0 N–H and O–H groups in total. The Hall–Kier alpha value is -5.23. The zero-order valence-corrected chi connectivity index (χ0v) is 34.2. The summed E-state index contributed by atoms with van der Waals surface area (Å²) < 4.78 is 6.92. The number of anilines is 3. The summed E-state index contributed by atoms with van der Waals surface area (Å²) >= 11 is 1.87. The fourth-order valence-electron chi connectivity index (χ4n) is 9.22. The molecule has 0 aromatic heterocycles. The SMILES string of the molecule is CC(C)(C)c1ccc2c(c1)[Si](c1ccccc1)(c1ccccc1)c1cc(C(C)(C)C)ccc1N2c1cc2c3c(c1)Sc1ccccc1B3c1ccccc1O2. The molecule has 0 saturated heterocycles. The molecule has 0 fully saturated rings. The van der Waals surface area contributed by atoms with Crippen molar-refractivity contribution in [3.63, 3.8) is 0 Å². The van der Waals surface area contributed by atoms with Gasteiger partial charge in [0, 0.05) is 27.2 Å². The molecule has 55 heavy (non-hydrogen) atoms. The zero-order chi connectivity index (χ0) is 37.7. The molecular weight excluding hydrogens is 702 g/mol. The van der Waals surface area contributed by atoms with E-state index in [0.717, 1.165) is 17.2 Å². The Morgan fingerprint density at radius 2 is 1.04 bits per heavy atom. The van der Waals surface area contributed by atoms with Crippen molar-refractivity contribution in [3.8, 4) is 11.5 Å². The zero-order valence-electron chi connectivity index (χ0n) is 32.4. The summed E-state index contributed by atoms with van der Waals surface area (Å²) in [6.45, 7) is 14.2. The van der Waals surface area contributed by atoms with Gasteiger partial charge in [-0.2, -0.15) is 0 Å². The third kappa shape index (κ3) is 5.23. The summed E-state index contributed by atoms with van der Waals surface area (Å²) in [5.74, 6) is 1.88. The summed E-state index contributed by atoms with van der Waals surface area (Å²) in [6.07, 6.45) is 0. The van der Waals surface area contributed by atoms with Gasteiger partial charge in [-0.3, -0.25) is 0 Å². The predicted octanol–water partition coefficient (Wildman–Crippen LogP) is 8.53. The van der Waals surface area contributed by atoms with Crippen LogP contribution in [-0.4, -0.2) is 14.8 Å². The molecule has 3 aliphatic heterocycles. The van der Waals surface area contributed by atoms with E-state index in [1.54, 1.807) is 0 Å². The van der Waals surface area contributed by atoms with E-state index < -0.39 is 8.07 Å². The van der Waals surface area contributed by atoms with E-state index in [9.17, 15) is 0 Å². The van der Waals surface area contributed by atoms with Gasteiger partial charge in [-0.1, -0.05) is 180 Å². The Labute approximate surface area is 331 Å². The Bertz CT molecular complexity index is 2470. The molecule has 0 bridgehead atoms. The molecule has 0 amide bonds. The molecule has 10 rings (SSSR count). The number of para-hydroxylation sites is 1. The Kier molecular flexibility index (Phi) is 7.72. The van der Waals surface area contributed by atoms with Crippen LogP contribution in [0.4, 0.5) is 17.1 Å². The lowest BCUT2D eigenvalue weighted by atomic mass is 9.35. The van der Waals surface area contributed by atoms with Crippen LogP contribution in [0.5, 0.6) is 11.5 Å². The molecule has 5 heteroatoms. The summed E-state index contributed by atoms with van der Waals surface area (Å²) in [6, 6.07) is 59.7. The standard InChI is InChI=1S/C50H44BNOSSi/c1-49(2,3)33-25-27-40-46(29-33)55(36-17-9-7-10-18-36,37-19-11-8-12-20-37)47-30-34(50(4,5)6)26-28-41(47)52(40)35-31-43-48-45(32-35)54-44-24-16-14-22-39(44)51(48)38-21-13-15-23-42(38)53-43/h7-32H,1-6H3. The average molecular weight is 746 g/mol. The molecule has 7 aromatic rings. The number of hydrogen-bond acceptors (Lipinski definition) is 3. The average Bonchev–Trinajstić information content (AvgIpc) is 3.19. The van der Waals surface area contributed by atoms with Gasteiger partial charge in [0.1, 0.15) is 11.5 Å².